The lowest BCUT2D eigenvalue weighted by atomic mass is 10.4. The third kappa shape index (κ3) is 1.36. The van der Waals surface area contributed by atoms with E-state index < -0.39 is 11.2 Å². The molecule has 3 heterocycles. The van der Waals surface area contributed by atoms with Gasteiger partial charge in [0.1, 0.15) is 5.03 Å². The second-order valence-corrected chi connectivity index (χ2v) is 4.24. The fraction of sp³-hybridized carbons (Fsp3) is 0.111. The Kier molecular flexibility index (Phi) is 1.93. The summed E-state index contributed by atoms with van der Waals surface area (Å²) in [5, 5.41) is 0.715. The molecule has 0 saturated heterocycles. The molecule has 0 unspecified atom stereocenters. The van der Waals surface area contributed by atoms with E-state index in [4.69, 9.17) is 0 Å². The molecule has 2 N–H and O–H groups in total. The van der Waals surface area contributed by atoms with Gasteiger partial charge in [-0.1, -0.05) is 6.08 Å². The van der Waals surface area contributed by atoms with Crippen molar-refractivity contribution in [2.45, 2.75) is 5.03 Å². The zero-order valence-corrected chi connectivity index (χ0v) is 8.80. The lowest BCUT2D eigenvalue weighted by molar-refractivity contribution is 1.000. The van der Waals surface area contributed by atoms with Gasteiger partial charge in [0.2, 0.25) is 0 Å². The highest BCUT2D eigenvalue weighted by molar-refractivity contribution is 7.99. The van der Waals surface area contributed by atoms with E-state index in [0.717, 1.165) is 5.75 Å². The number of hydrogen-bond donors (Lipinski definition) is 2. The molecule has 1 aliphatic heterocycles. The minimum Gasteiger partial charge on any atom is -0.290 e. The van der Waals surface area contributed by atoms with Gasteiger partial charge in [0.25, 0.3) is 5.56 Å². The van der Waals surface area contributed by atoms with Crippen molar-refractivity contribution in [3.05, 3.63) is 32.6 Å². The Morgan fingerprint density at radius 1 is 1.25 bits per heavy atom. The van der Waals surface area contributed by atoms with Gasteiger partial charge in [0, 0.05) is 5.75 Å². The summed E-state index contributed by atoms with van der Waals surface area (Å²) in [6.45, 7) is 0. The first-order valence-corrected chi connectivity index (χ1v) is 5.56. The molecule has 2 aromatic heterocycles. The van der Waals surface area contributed by atoms with Crippen LogP contribution in [0.25, 0.3) is 17.2 Å². The van der Waals surface area contributed by atoms with Gasteiger partial charge < -0.3 is 0 Å². The maximum atomic E-state index is 11.5. The Bertz CT molecular complexity index is 716. The minimum atomic E-state index is -0.570. The van der Waals surface area contributed by atoms with Crippen LogP contribution in [-0.2, 0) is 0 Å². The first-order valence-electron chi connectivity index (χ1n) is 4.58. The number of rotatable bonds is 0. The van der Waals surface area contributed by atoms with Gasteiger partial charge >= 0.3 is 5.69 Å². The molecule has 16 heavy (non-hydrogen) atoms. The van der Waals surface area contributed by atoms with Crippen molar-refractivity contribution < 1.29 is 0 Å². The van der Waals surface area contributed by atoms with E-state index in [1.54, 1.807) is 0 Å². The number of thioether (sulfide) groups is 1. The Labute approximate surface area is 92.8 Å². The molecule has 0 bridgehead atoms. The average Bonchev–Trinajstić information content (AvgIpc) is 2.27. The third-order valence-corrected chi connectivity index (χ3v) is 3.09. The second-order valence-electron chi connectivity index (χ2n) is 3.23. The number of aromatic amines is 2. The summed E-state index contributed by atoms with van der Waals surface area (Å²) in [5.41, 5.74) is -0.00537. The van der Waals surface area contributed by atoms with Crippen LogP contribution < -0.4 is 11.2 Å². The highest BCUT2D eigenvalue weighted by Gasteiger charge is 2.12. The SMILES string of the molecule is O=c1[nH]c(=O)c2nc3c(nc2[nH]1)C=CCS3. The molecule has 0 aliphatic carbocycles. The van der Waals surface area contributed by atoms with E-state index in [0.29, 0.717) is 10.7 Å². The third-order valence-electron chi connectivity index (χ3n) is 2.16. The smallest absolute Gasteiger partial charge is 0.290 e. The van der Waals surface area contributed by atoms with Crippen LogP contribution in [0.2, 0.25) is 0 Å². The number of nitrogens with one attached hydrogen (secondary N) is 2. The maximum Gasteiger partial charge on any atom is 0.327 e. The fourth-order valence-electron chi connectivity index (χ4n) is 1.48. The van der Waals surface area contributed by atoms with Crippen LogP contribution in [0.4, 0.5) is 0 Å². The van der Waals surface area contributed by atoms with E-state index in [9.17, 15) is 9.59 Å². The predicted molar refractivity (Wildman–Crippen MR) is 60.5 cm³/mol. The molecule has 1 aliphatic rings. The molecule has 3 rings (SSSR count). The molecule has 0 radical (unpaired) electrons. The van der Waals surface area contributed by atoms with E-state index in [-0.39, 0.29) is 11.2 Å². The first kappa shape index (κ1) is 9.34. The molecule has 7 heteroatoms. The van der Waals surface area contributed by atoms with Crippen molar-refractivity contribution in [3.63, 3.8) is 0 Å². The van der Waals surface area contributed by atoms with Crippen LogP contribution in [-0.4, -0.2) is 25.7 Å². The molecular formula is C9H6N4O2S. The zero-order chi connectivity index (χ0) is 11.1. The van der Waals surface area contributed by atoms with Crippen molar-refractivity contribution in [3.8, 4) is 0 Å². The predicted octanol–water partition coefficient (Wildman–Crippen LogP) is 0.125. The number of H-pyrrole nitrogens is 2. The van der Waals surface area contributed by atoms with Gasteiger partial charge in [-0.3, -0.25) is 14.8 Å². The van der Waals surface area contributed by atoms with Gasteiger partial charge in [-0.2, -0.15) is 0 Å². The van der Waals surface area contributed by atoms with Gasteiger partial charge in [0.15, 0.2) is 11.2 Å². The number of fused-ring (bicyclic) bond motifs is 2. The molecule has 0 spiro atoms. The Morgan fingerprint density at radius 2 is 2.12 bits per heavy atom. The lowest BCUT2D eigenvalue weighted by Gasteiger charge is -2.07. The summed E-state index contributed by atoms with van der Waals surface area (Å²) >= 11 is 1.51. The first-order chi connectivity index (χ1) is 7.74. The Morgan fingerprint density at radius 3 is 3.00 bits per heavy atom. The molecular weight excluding hydrogens is 228 g/mol. The highest BCUT2D eigenvalue weighted by Crippen LogP contribution is 2.25. The van der Waals surface area contributed by atoms with Gasteiger partial charge in [-0.25, -0.2) is 14.8 Å². The molecule has 0 fully saturated rings. The molecule has 0 saturated carbocycles. The van der Waals surface area contributed by atoms with Crippen LogP contribution in [0.1, 0.15) is 5.69 Å². The highest BCUT2D eigenvalue weighted by atomic mass is 32.2. The Balaban J connectivity index is 2.46. The maximum absolute atomic E-state index is 11.5. The van der Waals surface area contributed by atoms with Crippen molar-refractivity contribution in [1.82, 2.24) is 19.9 Å². The Hall–Kier alpha value is -1.89. The topological polar surface area (TPSA) is 91.5 Å². The molecule has 2 aromatic rings. The van der Waals surface area contributed by atoms with Crippen LogP contribution in [0.15, 0.2) is 20.7 Å². The quantitative estimate of drug-likeness (QED) is 0.675. The normalized spacial score (nSPS) is 14.0. The summed E-state index contributed by atoms with van der Waals surface area (Å²) in [6.07, 6.45) is 3.79. The number of hydrogen-bond acceptors (Lipinski definition) is 5. The van der Waals surface area contributed by atoms with Crippen molar-refractivity contribution >= 4 is 29.0 Å². The molecule has 80 valence electrons. The molecule has 0 amide bonds. The van der Waals surface area contributed by atoms with E-state index in [1.807, 2.05) is 12.2 Å². The average molecular weight is 234 g/mol. The summed E-state index contributed by atoms with van der Waals surface area (Å²) in [6, 6.07) is 0. The van der Waals surface area contributed by atoms with E-state index in [1.165, 1.54) is 11.8 Å². The van der Waals surface area contributed by atoms with E-state index >= 15 is 0 Å². The monoisotopic (exact) mass is 234 g/mol. The number of aromatic nitrogens is 4. The van der Waals surface area contributed by atoms with Gasteiger partial charge in [-0.15, -0.1) is 11.8 Å². The van der Waals surface area contributed by atoms with Gasteiger partial charge in [0.05, 0.1) is 5.69 Å². The van der Waals surface area contributed by atoms with Crippen molar-refractivity contribution in [2.24, 2.45) is 0 Å². The number of nitrogens with zero attached hydrogens (tertiary/aromatic N) is 2. The van der Waals surface area contributed by atoms with Crippen LogP contribution in [0, 0.1) is 0 Å². The standard InChI is InChI=1S/C9H6N4O2S/c14-7-5-6(12-9(15)13-7)10-4-2-1-3-16-8(4)11-5/h1-2H,3H2,(H2,10,12,13,14,15). The van der Waals surface area contributed by atoms with Crippen LogP contribution in [0.5, 0.6) is 0 Å². The molecule has 0 aromatic carbocycles. The summed E-state index contributed by atoms with van der Waals surface area (Å²) in [5.74, 6) is 0.814. The van der Waals surface area contributed by atoms with E-state index in [2.05, 4.69) is 19.9 Å². The fourth-order valence-corrected chi connectivity index (χ4v) is 2.25. The van der Waals surface area contributed by atoms with Gasteiger partial charge in [-0.05, 0) is 6.08 Å². The van der Waals surface area contributed by atoms with Crippen LogP contribution >= 0.6 is 11.8 Å². The second kappa shape index (κ2) is 3.31. The largest absolute Gasteiger partial charge is 0.327 e. The zero-order valence-electron chi connectivity index (χ0n) is 7.98. The summed E-state index contributed by atoms with van der Waals surface area (Å²) in [7, 11) is 0. The van der Waals surface area contributed by atoms with Crippen LogP contribution in [0.3, 0.4) is 0 Å². The summed E-state index contributed by atoms with van der Waals surface area (Å²) < 4.78 is 0. The molecule has 0 atom stereocenters. The van der Waals surface area contributed by atoms with Crippen molar-refractivity contribution in [1.29, 1.82) is 0 Å². The van der Waals surface area contributed by atoms with Crippen molar-refractivity contribution in [2.75, 3.05) is 5.75 Å². The molecule has 6 nitrogen and oxygen atoms in total. The minimum absolute atomic E-state index is 0.168. The summed E-state index contributed by atoms with van der Waals surface area (Å²) in [4.78, 5) is 35.5. The lowest BCUT2D eigenvalue weighted by Crippen LogP contribution is -2.23.